The Hall–Kier alpha value is -1.62. The molecule has 2 aromatic rings. The number of nitrogens with one attached hydrogen (secondary N) is 1. The first-order valence-corrected chi connectivity index (χ1v) is 5.07. The van der Waals surface area contributed by atoms with Gasteiger partial charge in [0.05, 0.1) is 0 Å². The first-order chi connectivity index (χ1) is 7.34. The molecular weight excluding hydrogens is 190 g/mol. The Morgan fingerprint density at radius 3 is 2.93 bits per heavy atom. The van der Waals surface area contributed by atoms with Crippen LogP contribution < -0.4 is 5.32 Å². The Balaban J connectivity index is 2.00. The highest BCUT2D eigenvalue weighted by atomic mass is 15.3. The zero-order valence-corrected chi connectivity index (χ0v) is 8.59. The van der Waals surface area contributed by atoms with Gasteiger partial charge in [0.15, 0.2) is 5.82 Å². The van der Waals surface area contributed by atoms with E-state index in [9.17, 15) is 0 Å². The van der Waals surface area contributed by atoms with Crippen LogP contribution in [-0.2, 0) is 7.05 Å². The smallest absolute Gasteiger partial charge is 0.160 e. The van der Waals surface area contributed by atoms with Crippen LogP contribution in [0.25, 0.3) is 5.82 Å². The number of nitrogens with zero attached hydrogens (tertiary/aromatic N) is 4. The maximum absolute atomic E-state index is 4.37. The third kappa shape index (κ3) is 1.35. The summed E-state index contributed by atoms with van der Waals surface area (Å²) in [6.45, 7) is 2.08. The van der Waals surface area contributed by atoms with Gasteiger partial charge < -0.3 is 5.32 Å². The van der Waals surface area contributed by atoms with Crippen LogP contribution in [-0.4, -0.2) is 32.4 Å². The molecule has 1 aliphatic heterocycles. The van der Waals surface area contributed by atoms with Gasteiger partial charge in [-0.05, 0) is 0 Å². The van der Waals surface area contributed by atoms with Gasteiger partial charge in [0, 0.05) is 50.2 Å². The molecule has 3 heterocycles. The summed E-state index contributed by atoms with van der Waals surface area (Å²) in [5.41, 5.74) is 1.24. The second-order valence-electron chi connectivity index (χ2n) is 3.89. The van der Waals surface area contributed by atoms with Crippen LogP contribution in [0.5, 0.6) is 0 Å². The monoisotopic (exact) mass is 203 g/mol. The molecule has 1 N–H and O–H groups in total. The summed E-state index contributed by atoms with van der Waals surface area (Å²) in [6.07, 6.45) is 5.70. The van der Waals surface area contributed by atoms with Crippen molar-refractivity contribution in [3.63, 3.8) is 0 Å². The molecular formula is C10H13N5. The molecule has 5 nitrogen and oxygen atoms in total. The molecule has 0 aliphatic carbocycles. The molecule has 0 radical (unpaired) electrons. The topological polar surface area (TPSA) is 47.7 Å². The molecule has 78 valence electrons. The fourth-order valence-corrected chi connectivity index (χ4v) is 1.83. The molecule has 0 atom stereocenters. The number of aryl methyl sites for hydroxylation is 1. The molecule has 5 heteroatoms. The highest BCUT2D eigenvalue weighted by Gasteiger charge is 2.23. The van der Waals surface area contributed by atoms with E-state index >= 15 is 0 Å². The van der Waals surface area contributed by atoms with E-state index in [0.717, 1.165) is 18.9 Å². The zero-order valence-electron chi connectivity index (χ0n) is 8.59. The minimum absolute atomic E-state index is 0.578. The molecule has 0 saturated carbocycles. The van der Waals surface area contributed by atoms with Gasteiger partial charge in [-0.15, -0.1) is 0 Å². The van der Waals surface area contributed by atoms with Crippen molar-refractivity contribution in [3.05, 3.63) is 30.5 Å². The fourth-order valence-electron chi connectivity index (χ4n) is 1.83. The summed E-state index contributed by atoms with van der Waals surface area (Å²) >= 11 is 0. The molecule has 0 spiro atoms. The lowest BCUT2D eigenvalue weighted by Gasteiger charge is -2.27. The van der Waals surface area contributed by atoms with E-state index < -0.39 is 0 Å². The number of hydrogen-bond acceptors (Lipinski definition) is 3. The van der Waals surface area contributed by atoms with Crippen molar-refractivity contribution in [2.24, 2.45) is 7.05 Å². The van der Waals surface area contributed by atoms with Crippen LogP contribution >= 0.6 is 0 Å². The Kier molecular flexibility index (Phi) is 1.85. The normalized spacial score (nSPS) is 16.6. The first-order valence-electron chi connectivity index (χ1n) is 5.07. The molecule has 0 amide bonds. The minimum Gasteiger partial charge on any atom is -0.315 e. The average molecular weight is 203 g/mol. The number of imidazole rings is 1. The maximum Gasteiger partial charge on any atom is 0.160 e. The van der Waals surface area contributed by atoms with E-state index in [4.69, 9.17) is 0 Å². The lowest BCUT2D eigenvalue weighted by molar-refractivity contribution is 0.434. The van der Waals surface area contributed by atoms with Crippen LogP contribution in [0.3, 0.4) is 0 Å². The third-order valence-corrected chi connectivity index (χ3v) is 2.81. The summed E-state index contributed by atoms with van der Waals surface area (Å²) in [7, 11) is 1.92. The largest absolute Gasteiger partial charge is 0.315 e. The zero-order chi connectivity index (χ0) is 10.3. The van der Waals surface area contributed by atoms with Gasteiger partial charge in [0.25, 0.3) is 0 Å². The van der Waals surface area contributed by atoms with E-state index in [2.05, 4.69) is 20.0 Å². The molecule has 2 aromatic heterocycles. The number of aromatic nitrogens is 4. The fraction of sp³-hybridized carbons (Fsp3) is 0.400. The summed E-state index contributed by atoms with van der Waals surface area (Å²) in [4.78, 5) is 4.20. The van der Waals surface area contributed by atoms with Gasteiger partial charge in [0.2, 0.25) is 0 Å². The van der Waals surface area contributed by atoms with E-state index in [1.807, 2.05) is 31.8 Å². The predicted molar refractivity (Wildman–Crippen MR) is 55.9 cm³/mol. The first kappa shape index (κ1) is 8.67. The molecule has 1 saturated heterocycles. The number of rotatable bonds is 2. The average Bonchev–Trinajstić information content (AvgIpc) is 2.70. The van der Waals surface area contributed by atoms with E-state index in [-0.39, 0.29) is 0 Å². The maximum atomic E-state index is 4.37. The van der Waals surface area contributed by atoms with Gasteiger partial charge in [-0.2, -0.15) is 5.10 Å². The van der Waals surface area contributed by atoms with Crippen LogP contribution in [0.2, 0.25) is 0 Å². The summed E-state index contributed by atoms with van der Waals surface area (Å²) in [5.74, 6) is 1.52. The Labute approximate surface area is 87.7 Å². The second kappa shape index (κ2) is 3.20. The van der Waals surface area contributed by atoms with Crippen molar-refractivity contribution in [1.29, 1.82) is 0 Å². The summed E-state index contributed by atoms with van der Waals surface area (Å²) in [5, 5.41) is 7.64. The van der Waals surface area contributed by atoms with Gasteiger partial charge >= 0.3 is 0 Å². The van der Waals surface area contributed by atoms with E-state index in [1.54, 1.807) is 4.68 Å². The second-order valence-corrected chi connectivity index (χ2v) is 3.89. The Bertz CT molecular complexity index is 466. The molecule has 0 unspecified atom stereocenters. The lowest BCUT2D eigenvalue weighted by atomic mass is 10.00. The SMILES string of the molecule is Cn1ccc(-n2cncc2C2CNC2)n1. The number of hydrogen-bond donors (Lipinski definition) is 1. The van der Waals surface area contributed by atoms with Gasteiger partial charge in [-0.1, -0.05) is 0 Å². The van der Waals surface area contributed by atoms with Crippen molar-refractivity contribution >= 4 is 0 Å². The van der Waals surface area contributed by atoms with Gasteiger partial charge in [-0.25, -0.2) is 4.98 Å². The van der Waals surface area contributed by atoms with Gasteiger partial charge in [0.1, 0.15) is 6.33 Å². The quantitative estimate of drug-likeness (QED) is 0.763. The van der Waals surface area contributed by atoms with Crippen LogP contribution in [0.4, 0.5) is 0 Å². The van der Waals surface area contributed by atoms with E-state index in [1.165, 1.54) is 5.69 Å². The molecule has 1 aliphatic rings. The van der Waals surface area contributed by atoms with Crippen molar-refractivity contribution < 1.29 is 0 Å². The summed E-state index contributed by atoms with van der Waals surface area (Å²) in [6, 6.07) is 2.00. The summed E-state index contributed by atoms with van der Waals surface area (Å²) < 4.78 is 3.86. The molecule has 15 heavy (non-hydrogen) atoms. The highest BCUT2D eigenvalue weighted by molar-refractivity contribution is 5.26. The predicted octanol–water partition coefficient (Wildman–Crippen LogP) is 0.293. The Morgan fingerprint density at radius 1 is 1.47 bits per heavy atom. The standard InChI is InChI=1S/C10H13N5/c1-14-3-2-10(13-14)15-7-12-6-9(15)8-4-11-5-8/h2-3,6-8,11H,4-5H2,1H3. The van der Waals surface area contributed by atoms with Crippen molar-refractivity contribution in [1.82, 2.24) is 24.6 Å². The lowest BCUT2D eigenvalue weighted by Crippen LogP contribution is -2.40. The molecule has 0 aromatic carbocycles. The minimum atomic E-state index is 0.578. The molecule has 1 fully saturated rings. The van der Waals surface area contributed by atoms with Crippen molar-refractivity contribution in [3.8, 4) is 5.82 Å². The van der Waals surface area contributed by atoms with E-state index in [0.29, 0.717) is 5.92 Å². The van der Waals surface area contributed by atoms with Gasteiger partial charge in [-0.3, -0.25) is 9.25 Å². The van der Waals surface area contributed by atoms with Crippen LogP contribution in [0.15, 0.2) is 24.8 Å². The van der Waals surface area contributed by atoms with Crippen molar-refractivity contribution in [2.45, 2.75) is 5.92 Å². The molecule has 3 rings (SSSR count). The molecule has 0 bridgehead atoms. The van der Waals surface area contributed by atoms with Crippen molar-refractivity contribution in [2.75, 3.05) is 13.1 Å². The van der Waals surface area contributed by atoms with Crippen LogP contribution in [0, 0.1) is 0 Å². The Morgan fingerprint density at radius 2 is 2.33 bits per heavy atom. The third-order valence-electron chi connectivity index (χ3n) is 2.81. The van der Waals surface area contributed by atoms with Crippen LogP contribution in [0.1, 0.15) is 11.6 Å². The highest BCUT2D eigenvalue weighted by Crippen LogP contribution is 2.21.